The van der Waals surface area contributed by atoms with Crippen LogP contribution >= 0.6 is 0 Å². The van der Waals surface area contributed by atoms with Gasteiger partial charge in [0.25, 0.3) is 0 Å². The van der Waals surface area contributed by atoms with Gasteiger partial charge in [-0.25, -0.2) is 0 Å². The van der Waals surface area contributed by atoms with Crippen LogP contribution < -0.4 is 0 Å². The van der Waals surface area contributed by atoms with E-state index in [4.69, 9.17) is 9.47 Å². The van der Waals surface area contributed by atoms with Crippen molar-refractivity contribution in [2.24, 2.45) is 0 Å². The molecule has 5 nitrogen and oxygen atoms in total. The maximum absolute atomic E-state index is 12.4. The van der Waals surface area contributed by atoms with E-state index in [-0.39, 0.29) is 25.2 Å². The fourth-order valence-electron chi connectivity index (χ4n) is 8.88. The maximum Gasteiger partial charge on any atom is 0.306 e. The summed E-state index contributed by atoms with van der Waals surface area (Å²) in [5, 5.41) is 9.70. The smallest absolute Gasteiger partial charge is 0.306 e. The topological polar surface area (TPSA) is 72.8 Å². The van der Waals surface area contributed by atoms with Crippen molar-refractivity contribution < 1.29 is 24.2 Å². The average Bonchev–Trinajstić information content (AvgIpc) is 3.50. The van der Waals surface area contributed by atoms with Crippen LogP contribution in [0, 0.1) is 0 Å². The van der Waals surface area contributed by atoms with E-state index in [1.54, 1.807) is 0 Å². The lowest BCUT2D eigenvalue weighted by atomic mass is 10.0. The fraction of sp³-hybridized carbons (Fsp3) is 0.570. The Kier molecular flexibility index (Phi) is 67.5. The molecule has 0 aliphatic rings. The molecule has 0 aromatic rings. The van der Waals surface area contributed by atoms with Crippen molar-refractivity contribution in [3.05, 3.63) is 194 Å². The van der Waals surface area contributed by atoms with Crippen LogP contribution in [0.1, 0.15) is 271 Å². The van der Waals surface area contributed by atoms with Gasteiger partial charge in [-0.15, -0.1) is 0 Å². The highest BCUT2D eigenvalue weighted by atomic mass is 16.6. The Balaban J connectivity index is 3.59. The lowest BCUT2D eigenvalue weighted by Gasteiger charge is -2.15. The minimum atomic E-state index is -0.792. The van der Waals surface area contributed by atoms with E-state index >= 15 is 0 Å². The number of esters is 2. The molecule has 84 heavy (non-hydrogen) atoms. The molecule has 0 radical (unpaired) electrons. The molecule has 0 spiro atoms. The van der Waals surface area contributed by atoms with Gasteiger partial charge >= 0.3 is 11.9 Å². The third-order valence-corrected chi connectivity index (χ3v) is 13.9. The van der Waals surface area contributed by atoms with Crippen molar-refractivity contribution in [2.75, 3.05) is 13.2 Å². The highest BCUT2D eigenvalue weighted by Crippen LogP contribution is 2.15. The molecule has 0 aromatic heterocycles. The van der Waals surface area contributed by atoms with Gasteiger partial charge in [-0.3, -0.25) is 9.59 Å². The van der Waals surface area contributed by atoms with Gasteiger partial charge in [-0.1, -0.05) is 311 Å². The largest absolute Gasteiger partial charge is 0.462 e. The second-order valence-corrected chi connectivity index (χ2v) is 21.8. The number of carbonyl (C=O) groups is 2. The Morgan fingerprint density at radius 3 is 0.714 bits per heavy atom. The monoisotopic (exact) mass is 1150 g/mol. The fourth-order valence-corrected chi connectivity index (χ4v) is 8.88. The molecule has 0 rings (SSSR count). The first kappa shape index (κ1) is 78.7. The standard InChI is InChI=1S/C79H124O5/c1-3-5-7-9-11-13-15-17-19-21-23-25-27-29-31-33-35-37-39-41-43-45-47-49-51-53-55-57-59-61-63-65-67-69-71-73-78(81)83-76-77(75-80)84-79(82)74-72-70-68-66-64-62-60-58-56-54-52-50-48-46-44-42-40-38-36-34-32-30-28-26-24-22-20-18-16-14-12-10-8-6-4-2/h5-8,11-14,17-20,23-26,29-32,35-38,41-44,47-50,77,80H,3-4,9-10,15-16,21-22,27-28,33-34,39-40,45-46,51-76H2,1-2H3/b7-5-,8-6-,13-11-,14-12-,19-17-,20-18-,25-23-,26-24-,31-29-,32-30-,37-35-,38-36-,43-41-,44-42-,49-47-,50-48-. The molecule has 0 saturated heterocycles. The van der Waals surface area contributed by atoms with Gasteiger partial charge in [0.1, 0.15) is 6.61 Å². The molecule has 0 fully saturated rings. The molecule has 1 N–H and O–H groups in total. The number of hydrogen-bond donors (Lipinski definition) is 1. The zero-order chi connectivity index (χ0) is 60.5. The van der Waals surface area contributed by atoms with Crippen LogP contribution in [0.2, 0.25) is 0 Å². The van der Waals surface area contributed by atoms with E-state index in [1.807, 2.05) is 0 Å². The highest BCUT2D eigenvalue weighted by Gasteiger charge is 2.16. The molecule has 0 aliphatic carbocycles. The Morgan fingerprint density at radius 1 is 0.274 bits per heavy atom. The van der Waals surface area contributed by atoms with Crippen LogP contribution in [0.15, 0.2) is 194 Å². The van der Waals surface area contributed by atoms with Crippen molar-refractivity contribution in [1.29, 1.82) is 0 Å². The SMILES string of the molecule is CC/C=C\C/C=C\C/C=C\C/C=C\C/C=C\C/C=C\C/C=C\C/C=C\CCCCCCCCCCCCC(=O)OCC(CO)OC(=O)CCCCCCCCCCCC/C=C\C/C=C\C/C=C\C/C=C\C/C=C\C/C=C\C/C=C\C/C=C\CC. The summed E-state index contributed by atoms with van der Waals surface area (Å²) in [5.74, 6) is -0.610. The van der Waals surface area contributed by atoms with Crippen molar-refractivity contribution in [1.82, 2.24) is 0 Å². The molecule has 0 saturated carbocycles. The van der Waals surface area contributed by atoms with E-state index in [0.717, 1.165) is 141 Å². The summed E-state index contributed by atoms with van der Waals surface area (Å²) in [6.45, 7) is 3.90. The summed E-state index contributed by atoms with van der Waals surface area (Å²) in [4.78, 5) is 24.7. The Hall–Kier alpha value is -5.26. The number of aliphatic hydroxyl groups is 1. The van der Waals surface area contributed by atoms with E-state index < -0.39 is 6.10 Å². The van der Waals surface area contributed by atoms with Crippen molar-refractivity contribution in [3.63, 3.8) is 0 Å². The van der Waals surface area contributed by atoms with E-state index in [2.05, 4.69) is 208 Å². The Bertz CT molecular complexity index is 1930. The van der Waals surface area contributed by atoms with Crippen LogP contribution in [-0.4, -0.2) is 36.4 Å². The molecule has 1 unspecified atom stereocenters. The number of rotatable bonds is 60. The molecule has 0 bridgehead atoms. The number of aliphatic hydroxyl groups excluding tert-OH is 1. The highest BCUT2D eigenvalue weighted by molar-refractivity contribution is 5.70. The molecular weight excluding hydrogens is 1030 g/mol. The zero-order valence-corrected chi connectivity index (χ0v) is 53.8. The number of allylic oxidation sites excluding steroid dienone is 32. The van der Waals surface area contributed by atoms with Gasteiger partial charge in [0.2, 0.25) is 0 Å². The van der Waals surface area contributed by atoms with Crippen LogP contribution in [0.4, 0.5) is 0 Å². The summed E-state index contributed by atoms with van der Waals surface area (Å²) >= 11 is 0. The number of carbonyl (C=O) groups excluding carboxylic acids is 2. The first-order valence-corrected chi connectivity index (χ1v) is 34.0. The summed E-state index contributed by atoms with van der Waals surface area (Å²) in [5.41, 5.74) is 0. The predicted molar refractivity (Wildman–Crippen MR) is 370 cm³/mol. The minimum absolute atomic E-state index is 0.0812. The van der Waals surface area contributed by atoms with Gasteiger partial charge in [0.15, 0.2) is 6.10 Å². The van der Waals surface area contributed by atoms with E-state index in [9.17, 15) is 14.7 Å². The quantitative estimate of drug-likeness (QED) is 0.0373. The molecule has 1 atom stereocenters. The van der Waals surface area contributed by atoms with Crippen LogP contribution in [0.25, 0.3) is 0 Å². The van der Waals surface area contributed by atoms with E-state index in [0.29, 0.717) is 12.8 Å². The van der Waals surface area contributed by atoms with Gasteiger partial charge in [-0.2, -0.15) is 0 Å². The molecular formula is C79H124O5. The Labute approximate surface area is 518 Å². The normalized spacial score (nSPS) is 13.5. The molecule has 0 amide bonds. The second-order valence-electron chi connectivity index (χ2n) is 21.8. The van der Waals surface area contributed by atoms with Gasteiger partial charge < -0.3 is 14.6 Å². The second kappa shape index (κ2) is 72.0. The van der Waals surface area contributed by atoms with Crippen LogP contribution in [-0.2, 0) is 19.1 Å². The van der Waals surface area contributed by atoms with E-state index in [1.165, 1.54) is 103 Å². The zero-order valence-electron chi connectivity index (χ0n) is 53.8. The lowest BCUT2D eigenvalue weighted by molar-refractivity contribution is -0.161. The molecule has 0 aromatic carbocycles. The Morgan fingerprint density at radius 2 is 0.476 bits per heavy atom. The summed E-state index contributed by atoms with van der Waals surface area (Å²) < 4.78 is 10.7. The average molecular weight is 1150 g/mol. The minimum Gasteiger partial charge on any atom is -0.462 e. The van der Waals surface area contributed by atoms with Crippen molar-refractivity contribution >= 4 is 11.9 Å². The number of hydrogen-bond acceptors (Lipinski definition) is 5. The van der Waals surface area contributed by atoms with Gasteiger partial charge in [-0.05, 0) is 141 Å². The third-order valence-electron chi connectivity index (χ3n) is 13.9. The van der Waals surface area contributed by atoms with Crippen molar-refractivity contribution in [2.45, 2.75) is 277 Å². The third kappa shape index (κ3) is 69.2. The molecule has 470 valence electrons. The molecule has 5 heteroatoms. The maximum atomic E-state index is 12.4. The number of ether oxygens (including phenoxy) is 2. The van der Waals surface area contributed by atoms with Crippen LogP contribution in [0.3, 0.4) is 0 Å². The summed E-state index contributed by atoms with van der Waals surface area (Å²) in [6.07, 6.45) is 114. The summed E-state index contributed by atoms with van der Waals surface area (Å²) in [6, 6.07) is 0. The van der Waals surface area contributed by atoms with Crippen LogP contribution in [0.5, 0.6) is 0 Å². The lowest BCUT2D eigenvalue weighted by Crippen LogP contribution is -2.28. The van der Waals surface area contributed by atoms with Gasteiger partial charge in [0.05, 0.1) is 6.61 Å². The summed E-state index contributed by atoms with van der Waals surface area (Å²) in [7, 11) is 0. The molecule has 0 heterocycles. The van der Waals surface area contributed by atoms with Crippen molar-refractivity contribution in [3.8, 4) is 0 Å². The predicted octanol–water partition coefficient (Wildman–Crippen LogP) is 24.0. The first-order chi connectivity index (χ1) is 41.6. The molecule has 0 aliphatic heterocycles. The first-order valence-electron chi connectivity index (χ1n) is 34.0. The number of unbranched alkanes of at least 4 members (excludes halogenated alkanes) is 20. The van der Waals surface area contributed by atoms with Gasteiger partial charge in [0, 0.05) is 12.8 Å².